The molecule has 0 bridgehead atoms. The lowest BCUT2D eigenvalue weighted by Crippen LogP contribution is -2.10. The van der Waals surface area contributed by atoms with Crippen molar-refractivity contribution in [3.63, 3.8) is 0 Å². The molecule has 94 valence electrons. The van der Waals surface area contributed by atoms with Gasteiger partial charge in [0.1, 0.15) is 0 Å². The molecule has 1 aromatic rings. The molecule has 1 rings (SSSR count). The zero-order valence-corrected chi connectivity index (χ0v) is 10.9. The van der Waals surface area contributed by atoms with Crippen LogP contribution in [0.25, 0.3) is 0 Å². The third-order valence-electron chi connectivity index (χ3n) is 2.57. The van der Waals surface area contributed by atoms with Gasteiger partial charge in [-0.2, -0.15) is 11.8 Å². The molecule has 1 atom stereocenters. The number of aromatic carboxylic acids is 1. The van der Waals surface area contributed by atoms with Crippen molar-refractivity contribution in [1.29, 1.82) is 0 Å². The third-order valence-corrected chi connectivity index (χ3v) is 3.61. The number of carbonyl (C=O) groups is 1. The summed E-state index contributed by atoms with van der Waals surface area (Å²) in [5.41, 5.74) is 7.30. The van der Waals surface area contributed by atoms with E-state index >= 15 is 0 Å². The molecule has 0 aliphatic carbocycles. The number of nitrogen functional groups attached to an aromatic ring is 1. The summed E-state index contributed by atoms with van der Waals surface area (Å²) in [5.74, 6) is -0.939. The second kappa shape index (κ2) is 6.39. The van der Waals surface area contributed by atoms with Crippen molar-refractivity contribution >= 4 is 29.1 Å². The highest BCUT2D eigenvalue weighted by molar-refractivity contribution is 7.99. The fourth-order valence-corrected chi connectivity index (χ4v) is 1.72. The van der Waals surface area contributed by atoms with E-state index in [4.69, 9.17) is 10.8 Å². The van der Waals surface area contributed by atoms with Gasteiger partial charge in [-0.25, -0.2) is 4.79 Å². The summed E-state index contributed by atoms with van der Waals surface area (Å²) >= 11 is 1.81. The molecule has 0 radical (unpaired) electrons. The Morgan fingerprint density at radius 1 is 1.59 bits per heavy atom. The smallest absolute Gasteiger partial charge is 0.335 e. The Kier molecular flexibility index (Phi) is 5.15. The van der Waals surface area contributed by atoms with Crippen molar-refractivity contribution < 1.29 is 9.90 Å². The number of carboxylic acid groups (broad SMARTS) is 1. The van der Waals surface area contributed by atoms with Crippen molar-refractivity contribution in [3.05, 3.63) is 23.8 Å². The molecule has 17 heavy (non-hydrogen) atoms. The van der Waals surface area contributed by atoms with Gasteiger partial charge in [-0.15, -0.1) is 0 Å². The minimum Gasteiger partial charge on any atom is -0.478 e. The molecule has 0 saturated carbocycles. The van der Waals surface area contributed by atoms with E-state index in [0.717, 1.165) is 13.0 Å². The first-order valence-electron chi connectivity index (χ1n) is 5.44. The van der Waals surface area contributed by atoms with Crippen LogP contribution < -0.4 is 11.1 Å². The fraction of sp³-hybridized carbons (Fsp3) is 0.417. The number of rotatable bonds is 6. The topological polar surface area (TPSA) is 75.3 Å². The van der Waals surface area contributed by atoms with Crippen molar-refractivity contribution in [1.82, 2.24) is 0 Å². The average Bonchev–Trinajstić information content (AvgIpc) is 2.30. The number of carboxylic acids is 1. The first-order chi connectivity index (χ1) is 8.04. The Morgan fingerprint density at radius 2 is 2.29 bits per heavy atom. The van der Waals surface area contributed by atoms with Gasteiger partial charge in [0.25, 0.3) is 0 Å². The van der Waals surface area contributed by atoms with Crippen LogP contribution in [0.5, 0.6) is 0 Å². The van der Waals surface area contributed by atoms with Gasteiger partial charge >= 0.3 is 5.97 Å². The van der Waals surface area contributed by atoms with Crippen LogP contribution in [0.3, 0.4) is 0 Å². The van der Waals surface area contributed by atoms with E-state index in [-0.39, 0.29) is 5.56 Å². The van der Waals surface area contributed by atoms with Crippen molar-refractivity contribution in [2.75, 3.05) is 23.9 Å². The zero-order chi connectivity index (χ0) is 12.8. The van der Waals surface area contributed by atoms with Crippen molar-refractivity contribution in [2.45, 2.75) is 18.6 Å². The predicted molar refractivity (Wildman–Crippen MR) is 73.9 cm³/mol. The Bertz CT molecular complexity index is 396. The quantitative estimate of drug-likeness (QED) is 0.680. The van der Waals surface area contributed by atoms with Crippen LogP contribution in [0, 0.1) is 0 Å². The Hall–Kier alpha value is -1.36. The van der Waals surface area contributed by atoms with Crippen LogP contribution in [0.2, 0.25) is 0 Å². The molecule has 0 saturated heterocycles. The van der Waals surface area contributed by atoms with Crippen LogP contribution >= 0.6 is 11.8 Å². The molecule has 1 aromatic carbocycles. The largest absolute Gasteiger partial charge is 0.478 e. The zero-order valence-electron chi connectivity index (χ0n) is 10.1. The van der Waals surface area contributed by atoms with Gasteiger partial charge in [0.15, 0.2) is 0 Å². The molecule has 0 spiro atoms. The SMILES string of the molecule is CSC(C)CCNc1cc(C(=O)O)ccc1N. The third kappa shape index (κ3) is 4.19. The number of anilines is 2. The van der Waals surface area contributed by atoms with Crippen LogP contribution in [-0.4, -0.2) is 29.1 Å². The summed E-state index contributed by atoms with van der Waals surface area (Å²) in [7, 11) is 0. The number of benzene rings is 1. The number of nitrogens with two attached hydrogens (primary N) is 1. The van der Waals surface area contributed by atoms with E-state index in [2.05, 4.69) is 18.5 Å². The lowest BCUT2D eigenvalue weighted by Gasteiger charge is -2.12. The normalized spacial score (nSPS) is 12.1. The second-order valence-corrected chi connectivity index (χ2v) is 5.15. The summed E-state index contributed by atoms with van der Waals surface area (Å²) in [6.07, 6.45) is 3.09. The van der Waals surface area contributed by atoms with E-state index in [1.807, 2.05) is 0 Å². The molecule has 0 aliphatic rings. The number of nitrogens with one attached hydrogen (secondary N) is 1. The summed E-state index contributed by atoms with van der Waals surface area (Å²) in [6.45, 7) is 2.94. The molecule has 1 unspecified atom stereocenters. The van der Waals surface area contributed by atoms with Crippen LogP contribution in [0.15, 0.2) is 18.2 Å². The summed E-state index contributed by atoms with van der Waals surface area (Å²) in [4.78, 5) is 10.8. The highest BCUT2D eigenvalue weighted by Crippen LogP contribution is 2.20. The van der Waals surface area contributed by atoms with Crippen LogP contribution in [0.4, 0.5) is 11.4 Å². The van der Waals surface area contributed by atoms with E-state index in [1.165, 1.54) is 6.07 Å². The van der Waals surface area contributed by atoms with Gasteiger partial charge in [-0.1, -0.05) is 6.92 Å². The number of hydrogen-bond donors (Lipinski definition) is 3. The van der Waals surface area contributed by atoms with Crippen LogP contribution in [-0.2, 0) is 0 Å². The minimum atomic E-state index is -0.939. The van der Waals surface area contributed by atoms with Crippen LogP contribution in [0.1, 0.15) is 23.7 Å². The first kappa shape index (κ1) is 13.7. The monoisotopic (exact) mass is 254 g/mol. The molecule has 0 aliphatic heterocycles. The van der Waals surface area contributed by atoms with Gasteiger partial charge in [-0.05, 0) is 30.9 Å². The Balaban J connectivity index is 2.63. The van der Waals surface area contributed by atoms with Gasteiger partial charge in [0, 0.05) is 11.8 Å². The molecule has 0 fully saturated rings. The predicted octanol–water partition coefficient (Wildman–Crippen LogP) is 2.52. The summed E-state index contributed by atoms with van der Waals surface area (Å²) in [6, 6.07) is 4.69. The lowest BCUT2D eigenvalue weighted by molar-refractivity contribution is 0.0697. The van der Waals surface area contributed by atoms with E-state index in [0.29, 0.717) is 16.6 Å². The summed E-state index contributed by atoms with van der Waals surface area (Å²) < 4.78 is 0. The molecule has 0 aromatic heterocycles. The molecule has 5 heteroatoms. The first-order valence-corrected chi connectivity index (χ1v) is 6.73. The van der Waals surface area contributed by atoms with Gasteiger partial charge in [0.2, 0.25) is 0 Å². The maximum atomic E-state index is 10.8. The molecule has 0 heterocycles. The highest BCUT2D eigenvalue weighted by Gasteiger charge is 2.06. The Labute approximate surface area is 106 Å². The number of thioether (sulfide) groups is 1. The molecule has 4 nitrogen and oxygen atoms in total. The second-order valence-electron chi connectivity index (χ2n) is 3.87. The minimum absolute atomic E-state index is 0.250. The van der Waals surface area contributed by atoms with E-state index < -0.39 is 5.97 Å². The summed E-state index contributed by atoms with van der Waals surface area (Å²) in [5, 5.41) is 12.6. The number of hydrogen-bond acceptors (Lipinski definition) is 4. The molecular formula is C12H18N2O2S. The fourth-order valence-electron chi connectivity index (χ4n) is 1.37. The standard InChI is InChI=1S/C12H18N2O2S/c1-8(17-2)5-6-14-11-7-9(12(15)16)3-4-10(11)13/h3-4,7-8,14H,5-6,13H2,1-2H3,(H,15,16). The maximum Gasteiger partial charge on any atom is 0.335 e. The molecular weight excluding hydrogens is 236 g/mol. The Morgan fingerprint density at radius 3 is 2.88 bits per heavy atom. The van der Waals surface area contributed by atoms with Crippen molar-refractivity contribution in [3.8, 4) is 0 Å². The van der Waals surface area contributed by atoms with E-state index in [1.54, 1.807) is 23.9 Å². The average molecular weight is 254 g/mol. The van der Waals surface area contributed by atoms with Crippen molar-refractivity contribution in [2.24, 2.45) is 0 Å². The highest BCUT2D eigenvalue weighted by atomic mass is 32.2. The molecule has 0 amide bonds. The van der Waals surface area contributed by atoms with Gasteiger partial charge in [-0.3, -0.25) is 0 Å². The maximum absolute atomic E-state index is 10.8. The van der Waals surface area contributed by atoms with E-state index in [9.17, 15) is 4.79 Å². The lowest BCUT2D eigenvalue weighted by atomic mass is 10.1. The molecule has 4 N–H and O–H groups in total. The van der Waals surface area contributed by atoms with Gasteiger partial charge < -0.3 is 16.2 Å². The van der Waals surface area contributed by atoms with Gasteiger partial charge in [0.05, 0.1) is 16.9 Å².